The van der Waals surface area contributed by atoms with Gasteiger partial charge in [-0.3, -0.25) is 4.79 Å². The highest BCUT2D eigenvalue weighted by atomic mass is 19.1. The molecule has 3 aromatic carbocycles. The van der Waals surface area contributed by atoms with Crippen LogP contribution in [0.25, 0.3) is 11.1 Å². The third kappa shape index (κ3) is 6.02. The Morgan fingerprint density at radius 1 is 1.02 bits per heavy atom. The highest BCUT2D eigenvalue weighted by molar-refractivity contribution is 5.71. The number of ether oxygens (including phenoxy) is 3. The summed E-state index contributed by atoms with van der Waals surface area (Å²) >= 11 is 0. The summed E-state index contributed by atoms with van der Waals surface area (Å²) in [4.78, 5) is 11.6. The first-order valence-electron chi connectivity index (χ1n) is 14.1. The van der Waals surface area contributed by atoms with Gasteiger partial charge in [0.1, 0.15) is 23.9 Å². The second kappa shape index (κ2) is 11.2. The first-order chi connectivity index (χ1) is 19.1. The van der Waals surface area contributed by atoms with Crippen molar-refractivity contribution in [1.82, 2.24) is 0 Å². The molecule has 1 heterocycles. The van der Waals surface area contributed by atoms with Gasteiger partial charge in [0.2, 0.25) is 0 Å². The molecule has 3 aromatic rings. The molecule has 1 saturated heterocycles. The van der Waals surface area contributed by atoms with Crippen LogP contribution in [0.5, 0.6) is 11.5 Å². The molecule has 1 aliphatic carbocycles. The highest BCUT2D eigenvalue weighted by Gasteiger charge is 2.46. The number of benzene rings is 3. The summed E-state index contributed by atoms with van der Waals surface area (Å²) in [6, 6.07) is 18.6. The number of hydrogen-bond acceptors (Lipinski definition) is 4. The fourth-order valence-electron chi connectivity index (χ4n) is 6.07. The van der Waals surface area contributed by atoms with Crippen molar-refractivity contribution in [3.63, 3.8) is 0 Å². The minimum Gasteiger partial charge on any atom is -0.497 e. The van der Waals surface area contributed by atoms with E-state index in [2.05, 4.69) is 26.8 Å². The maximum atomic E-state index is 15.1. The Kier molecular flexibility index (Phi) is 7.92. The highest BCUT2D eigenvalue weighted by Crippen LogP contribution is 2.57. The number of halogens is 1. The molecule has 0 bridgehead atoms. The van der Waals surface area contributed by atoms with Crippen molar-refractivity contribution in [2.75, 3.05) is 13.7 Å². The maximum absolute atomic E-state index is 15.1. The van der Waals surface area contributed by atoms with E-state index in [0.29, 0.717) is 30.3 Å². The molecule has 0 radical (unpaired) electrons. The molecule has 2 aliphatic rings. The molecule has 5 nitrogen and oxygen atoms in total. The lowest BCUT2D eigenvalue weighted by Gasteiger charge is -2.39. The van der Waals surface area contributed by atoms with Crippen molar-refractivity contribution < 1.29 is 28.5 Å². The third-order valence-corrected chi connectivity index (χ3v) is 8.75. The first kappa shape index (κ1) is 28.2. The van der Waals surface area contributed by atoms with Crippen LogP contribution < -0.4 is 9.47 Å². The van der Waals surface area contributed by atoms with Gasteiger partial charge in [0.15, 0.2) is 0 Å². The number of aliphatic carboxylic acids is 1. The molecule has 0 amide bonds. The maximum Gasteiger partial charge on any atom is 0.303 e. The molecular formula is C34H39FO5. The van der Waals surface area contributed by atoms with Crippen molar-refractivity contribution in [3.8, 4) is 22.6 Å². The summed E-state index contributed by atoms with van der Waals surface area (Å²) in [5.74, 6) is 0.174. The SMILES string of the molecule is COc1ccc(F)c(-c2ccc(COc3cccc([C@H](CC(=O)O)C4(C)CC4)c3)cc2C2OCCCC2(C)C)c1. The zero-order valence-electron chi connectivity index (χ0n) is 23.8. The fraction of sp³-hybridized carbons (Fsp3) is 0.441. The lowest BCUT2D eigenvalue weighted by molar-refractivity contribution is -0.137. The van der Waals surface area contributed by atoms with Gasteiger partial charge in [-0.1, -0.05) is 45.0 Å². The van der Waals surface area contributed by atoms with Gasteiger partial charge >= 0.3 is 5.97 Å². The number of carboxylic acid groups (broad SMARTS) is 1. The predicted octanol–water partition coefficient (Wildman–Crippen LogP) is 8.32. The largest absolute Gasteiger partial charge is 0.497 e. The Bertz CT molecular complexity index is 1380. The van der Waals surface area contributed by atoms with Crippen molar-refractivity contribution in [3.05, 3.63) is 83.2 Å². The van der Waals surface area contributed by atoms with Crippen LogP contribution in [0, 0.1) is 16.6 Å². The topological polar surface area (TPSA) is 65.0 Å². The molecule has 1 unspecified atom stereocenters. The number of carbonyl (C=O) groups is 1. The van der Waals surface area contributed by atoms with Crippen LogP contribution in [0.2, 0.25) is 0 Å². The summed E-state index contributed by atoms with van der Waals surface area (Å²) in [5.41, 5.74) is 4.08. The average molecular weight is 547 g/mol. The summed E-state index contributed by atoms with van der Waals surface area (Å²) in [5, 5.41) is 9.51. The molecule has 212 valence electrons. The van der Waals surface area contributed by atoms with Gasteiger partial charge < -0.3 is 19.3 Å². The summed E-state index contributed by atoms with van der Waals surface area (Å²) in [7, 11) is 1.58. The van der Waals surface area contributed by atoms with E-state index in [1.165, 1.54) is 6.07 Å². The van der Waals surface area contributed by atoms with Gasteiger partial charge in [-0.15, -0.1) is 0 Å². The van der Waals surface area contributed by atoms with Crippen molar-refractivity contribution >= 4 is 5.97 Å². The Morgan fingerprint density at radius 2 is 1.82 bits per heavy atom. The summed E-state index contributed by atoms with van der Waals surface area (Å²) in [6.45, 7) is 7.55. The molecule has 6 heteroatoms. The van der Waals surface area contributed by atoms with E-state index >= 15 is 4.39 Å². The van der Waals surface area contributed by atoms with Crippen LogP contribution in [0.4, 0.5) is 4.39 Å². The van der Waals surface area contributed by atoms with Gasteiger partial charge in [0, 0.05) is 12.2 Å². The molecule has 2 fully saturated rings. The smallest absolute Gasteiger partial charge is 0.303 e. The van der Waals surface area contributed by atoms with E-state index in [-0.39, 0.29) is 35.1 Å². The molecule has 1 N–H and O–H groups in total. The molecule has 40 heavy (non-hydrogen) atoms. The van der Waals surface area contributed by atoms with Crippen LogP contribution >= 0.6 is 0 Å². The molecule has 0 spiro atoms. The second-order valence-corrected chi connectivity index (χ2v) is 12.3. The van der Waals surface area contributed by atoms with Crippen LogP contribution in [-0.2, 0) is 16.1 Å². The van der Waals surface area contributed by atoms with Gasteiger partial charge in [-0.05, 0) is 101 Å². The number of methoxy groups -OCH3 is 1. The van der Waals surface area contributed by atoms with Crippen LogP contribution in [0.15, 0.2) is 60.7 Å². The summed E-state index contributed by atoms with van der Waals surface area (Å²) < 4.78 is 33.1. The molecule has 5 rings (SSSR count). The average Bonchev–Trinajstić information content (AvgIpc) is 3.68. The number of hydrogen-bond donors (Lipinski definition) is 1. The Balaban J connectivity index is 1.45. The normalized spacial score (nSPS) is 20.0. The van der Waals surface area contributed by atoms with Crippen molar-refractivity contribution in [1.29, 1.82) is 0 Å². The quantitative estimate of drug-likeness (QED) is 0.277. The van der Waals surface area contributed by atoms with Crippen LogP contribution in [0.1, 0.15) is 81.6 Å². The van der Waals surface area contributed by atoms with E-state index in [1.54, 1.807) is 19.2 Å². The summed E-state index contributed by atoms with van der Waals surface area (Å²) in [6.07, 6.45) is 4.01. The van der Waals surface area contributed by atoms with E-state index < -0.39 is 5.97 Å². The fourth-order valence-corrected chi connectivity index (χ4v) is 6.07. The van der Waals surface area contributed by atoms with Gasteiger partial charge in [-0.2, -0.15) is 0 Å². The standard InChI is InChI=1S/C34H39FO5/c1-33(2)13-6-16-39-32(33)28-17-22(9-11-26(28)27-19-24(38-4)10-12-30(27)35)21-40-25-8-5-7-23(18-25)29(20-31(36)37)34(3)14-15-34/h5,7-12,17-19,29,32H,6,13-16,20-21H2,1-4H3,(H,36,37)/t29-,32?/m0/s1. The third-order valence-electron chi connectivity index (χ3n) is 8.75. The molecular weight excluding hydrogens is 507 g/mol. The lowest BCUT2D eigenvalue weighted by atomic mass is 9.75. The second-order valence-electron chi connectivity index (χ2n) is 12.3. The minimum atomic E-state index is -0.780. The zero-order valence-corrected chi connectivity index (χ0v) is 23.8. The molecule has 1 saturated carbocycles. The number of rotatable bonds is 10. The van der Waals surface area contributed by atoms with Gasteiger partial charge in [-0.25, -0.2) is 4.39 Å². The Morgan fingerprint density at radius 3 is 2.52 bits per heavy atom. The molecule has 0 aromatic heterocycles. The van der Waals surface area contributed by atoms with E-state index in [4.69, 9.17) is 14.2 Å². The van der Waals surface area contributed by atoms with E-state index in [1.807, 2.05) is 36.4 Å². The van der Waals surface area contributed by atoms with E-state index in [0.717, 1.165) is 47.9 Å². The van der Waals surface area contributed by atoms with Crippen molar-refractivity contribution in [2.24, 2.45) is 10.8 Å². The predicted molar refractivity (Wildman–Crippen MR) is 153 cm³/mol. The number of carboxylic acids is 1. The minimum absolute atomic E-state index is 0.0317. The lowest BCUT2D eigenvalue weighted by Crippen LogP contribution is -2.30. The van der Waals surface area contributed by atoms with Crippen LogP contribution in [-0.4, -0.2) is 24.8 Å². The Labute approximate surface area is 236 Å². The van der Waals surface area contributed by atoms with Crippen molar-refractivity contribution in [2.45, 2.75) is 71.5 Å². The van der Waals surface area contributed by atoms with Gasteiger partial charge in [0.05, 0.1) is 19.6 Å². The monoisotopic (exact) mass is 546 g/mol. The zero-order chi connectivity index (χ0) is 28.5. The Hall–Kier alpha value is -3.38. The molecule has 1 aliphatic heterocycles. The molecule has 2 atom stereocenters. The van der Waals surface area contributed by atoms with Gasteiger partial charge in [0.25, 0.3) is 0 Å². The van der Waals surface area contributed by atoms with Crippen LogP contribution in [0.3, 0.4) is 0 Å². The van der Waals surface area contributed by atoms with E-state index in [9.17, 15) is 9.90 Å². The first-order valence-corrected chi connectivity index (χ1v) is 14.1.